The topological polar surface area (TPSA) is 49.8 Å². The van der Waals surface area contributed by atoms with Crippen LogP contribution in [0.1, 0.15) is 25.3 Å². The highest BCUT2D eigenvalue weighted by Crippen LogP contribution is 2.24. The fourth-order valence-corrected chi connectivity index (χ4v) is 2.77. The van der Waals surface area contributed by atoms with Gasteiger partial charge >= 0.3 is 6.36 Å². The number of alkyl halides is 3. The quantitative estimate of drug-likeness (QED) is 0.923. The molecule has 0 aliphatic carbocycles. The van der Waals surface area contributed by atoms with Crippen LogP contribution >= 0.6 is 0 Å². The minimum atomic E-state index is -4.75. The molecule has 128 valence electrons. The molecule has 0 spiro atoms. The third kappa shape index (κ3) is 5.42. The Morgan fingerprint density at radius 3 is 2.87 bits per heavy atom. The number of hydrogen-bond acceptors (Lipinski definition) is 3. The van der Waals surface area contributed by atoms with Crippen molar-refractivity contribution in [3.05, 3.63) is 29.8 Å². The van der Waals surface area contributed by atoms with Crippen LogP contribution in [0.15, 0.2) is 24.3 Å². The third-order valence-corrected chi connectivity index (χ3v) is 3.98. The fourth-order valence-electron chi connectivity index (χ4n) is 2.77. The number of benzene rings is 1. The normalized spacial score (nSPS) is 20.2. The summed E-state index contributed by atoms with van der Waals surface area (Å²) in [7, 11) is 0. The van der Waals surface area contributed by atoms with Crippen molar-refractivity contribution < 1.29 is 27.8 Å². The molecule has 0 bridgehead atoms. The average molecular weight is 331 g/mol. The Hall–Kier alpha value is -1.76. The molecule has 1 aromatic carbocycles. The van der Waals surface area contributed by atoms with E-state index in [4.69, 9.17) is 0 Å². The monoisotopic (exact) mass is 331 g/mol. The Kier molecular flexibility index (Phi) is 5.51. The van der Waals surface area contributed by atoms with Crippen molar-refractivity contribution in [3.63, 3.8) is 0 Å². The largest absolute Gasteiger partial charge is 0.573 e. The summed E-state index contributed by atoms with van der Waals surface area (Å²) in [6.45, 7) is 2.80. The van der Waals surface area contributed by atoms with Crippen molar-refractivity contribution in [2.24, 2.45) is 5.92 Å². The Morgan fingerprint density at radius 2 is 2.22 bits per heavy atom. The molecule has 1 N–H and O–H groups in total. The van der Waals surface area contributed by atoms with Gasteiger partial charge in [0.05, 0.1) is 12.5 Å². The second-order valence-electron chi connectivity index (χ2n) is 5.85. The lowest BCUT2D eigenvalue weighted by Crippen LogP contribution is -2.43. The minimum absolute atomic E-state index is 0.0155. The van der Waals surface area contributed by atoms with E-state index in [1.807, 2.05) is 0 Å². The lowest BCUT2D eigenvalue weighted by molar-refractivity contribution is -0.274. The number of likely N-dealkylation sites (tertiary alicyclic amines) is 1. The smallest absolute Gasteiger partial charge is 0.406 e. The first-order chi connectivity index (χ1) is 10.7. The van der Waals surface area contributed by atoms with Crippen LogP contribution in [0.5, 0.6) is 5.75 Å². The molecule has 0 aromatic heterocycles. The molecule has 0 saturated carbocycles. The molecule has 23 heavy (non-hydrogen) atoms. The molecule has 1 saturated heterocycles. The summed E-state index contributed by atoms with van der Waals surface area (Å²) in [5.74, 6) is -0.435. The molecule has 0 radical (unpaired) electrons. The SMILES string of the molecule is CC(O)C1CCCN(C(=O)Cc2cccc(OC(F)(F)F)c2)C1. The molecule has 1 aliphatic heterocycles. The maximum atomic E-state index is 12.3. The predicted molar refractivity (Wildman–Crippen MR) is 77.8 cm³/mol. The third-order valence-electron chi connectivity index (χ3n) is 3.98. The molecule has 1 amide bonds. The minimum Gasteiger partial charge on any atom is -0.406 e. The zero-order valence-electron chi connectivity index (χ0n) is 12.8. The van der Waals surface area contributed by atoms with Crippen LogP contribution in [0.2, 0.25) is 0 Å². The molecule has 7 heteroatoms. The molecule has 2 unspecified atom stereocenters. The molecule has 1 aliphatic rings. The van der Waals surface area contributed by atoms with Gasteiger partial charge in [0.1, 0.15) is 5.75 Å². The van der Waals surface area contributed by atoms with E-state index in [0.717, 1.165) is 12.8 Å². The van der Waals surface area contributed by atoms with Crippen molar-refractivity contribution in [2.45, 2.75) is 38.7 Å². The van der Waals surface area contributed by atoms with E-state index in [1.165, 1.54) is 18.2 Å². The summed E-state index contributed by atoms with van der Waals surface area (Å²) in [6.07, 6.45) is -3.52. The number of rotatable bonds is 4. The van der Waals surface area contributed by atoms with Gasteiger partial charge in [0.15, 0.2) is 0 Å². The highest BCUT2D eigenvalue weighted by atomic mass is 19.4. The molecule has 1 aromatic rings. The van der Waals surface area contributed by atoms with E-state index >= 15 is 0 Å². The van der Waals surface area contributed by atoms with Crippen molar-refractivity contribution in [1.82, 2.24) is 4.90 Å². The summed E-state index contributed by atoms with van der Waals surface area (Å²) < 4.78 is 40.5. The Bertz CT molecular complexity index is 546. The van der Waals surface area contributed by atoms with Gasteiger partial charge in [0.2, 0.25) is 5.91 Å². The molecule has 1 fully saturated rings. The predicted octanol–water partition coefficient (Wildman–Crippen LogP) is 2.75. The highest BCUT2D eigenvalue weighted by molar-refractivity contribution is 5.79. The summed E-state index contributed by atoms with van der Waals surface area (Å²) in [5, 5.41) is 9.65. The van der Waals surface area contributed by atoms with Crippen LogP contribution < -0.4 is 4.74 Å². The summed E-state index contributed by atoms with van der Waals surface area (Å²) in [4.78, 5) is 14.0. The van der Waals surface area contributed by atoms with Crippen LogP contribution in [0.3, 0.4) is 0 Å². The van der Waals surface area contributed by atoms with E-state index < -0.39 is 12.5 Å². The van der Waals surface area contributed by atoms with Crippen molar-refractivity contribution >= 4 is 5.91 Å². The van der Waals surface area contributed by atoms with Gasteiger partial charge in [-0.2, -0.15) is 0 Å². The zero-order chi connectivity index (χ0) is 17.0. The van der Waals surface area contributed by atoms with Gasteiger partial charge in [-0.3, -0.25) is 4.79 Å². The number of carbonyl (C=O) groups excluding carboxylic acids is 1. The molecule has 2 rings (SSSR count). The fraction of sp³-hybridized carbons (Fsp3) is 0.562. The maximum absolute atomic E-state index is 12.3. The first kappa shape index (κ1) is 17.6. The number of hydrogen-bond donors (Lipinski definition) is 1. The van der Waals surface area contributed by atoms with Crippen LogP contribution in [0, 0.1) is 5.92 Å². The number of ether oxygens (including phenoxy) is 1. The van der Waals surface area contributed by atoms with E-state index in [9.17, 15) is 23.1 Å². The van der Waals surface area contributed by atoms with Gasteiger partial charge in [0.25, 0.3) is 0 Å². The number of aliphatic hydroxyl groups excluding tert-OH is 1. The number of piperidine rings is 1. The van der Waals surface area contributed by atoms with E-state index in [1.54, 1.807) is 17.9 Å². The second kappa shape index (κ2) is 7.21. The highest BCUT2D eigenvalue weighted by Gasteiger charge is 2.31. The number of carbonyl (C=O) groups is 1. The van der Waals surface area contributed by atoms with E-state index in [-0.39, 0.29) is 24.0 Å². The lowest BCUT2D eigenvalue weighted by Gasteiger charge is -2.34. The van der Waals surface area contributed by atoms with E-state index in [2.05, 4.69) is 4.74 Å². The Balaban J connectivity index is 1.98. The van der Waals surface area contributed by atoms with Crippen LogP contribution in [-0.4, -0.2) is 41.5 Å². The van der Waals surface area contributed by atoms with Crippen molar-refractivity contribution in [3.8, 4) is 5.75 Å². The Morgan fingerprint density at radius 1 is 1.48 bits per heavy atom. The summed E-state index contributed by atoms with van der Waals surface area (Å²) in [5.41, 5.74) is 0.468. The van der Waals surface area contributed by atoms with Gasteiger partial charge in [-0.25, -0.2) is 0 Å². The first-order valence-corrected chi connectivity index (χ1v) is 7.55. The van der Waals surface area contributed by atoms with Crippen LogP contribution in [-0.2, 0) is 11.2 Å². The molecular weight excluding hydrogens is 311 g/mol. The van der Waals surface area contributed by atoms with Crippen LogP contribution in [0.4, 0.5) is 13.2 Å². The standard InChI is InChI=1S/C16H20F3NO3/c1-11(21)13-5-3-7-20(10-13)15(22)9-12-4-2-6-14(8-12)23-16(17,18)19/h2,4,6,8,11,13,21H,3,5,7,9-10H2,1H3. The molecule has 4 nitrogen and oxygen atoms in total. The van der Waals surface area contributed by atoms with Gasteiger partial charge in [0, 0.05) is 19.0 Å². The second-order valence-corrected chi connectivity index (χ2v) is 5.85. The van der Waals surface area contributed by atoms with Crippen LogP contribution in [0.25, 0.3) is 0 Å². The maximum Gasteiger partial charge on any atom is 0.573 e. The summed E-state index contributed by atoms with van der Waals surface area (Å²) in [6, 6.07) is 5.45. The Labute approximate surface area is 132 Å². The van der Waals surface area contributed by atoms with Gasteiger partial charge < -0.3 is 14.7 Å². The number of aliphatic hydroxyl groups is 1. The number of nitrogens with zero attached hydrogens (tertiary/aromatic N) is 1. The summed E-state index contributed by atoms with van der Waals surface area (Å²) >= 11 is 0. The first-order valence-electron chi connectivity index (χ1n) is 7.55. The zero-order valence-corrected chi connectivity index (χ0v) is 12.8. The van der Waals surface area contributed by atoms with Gasteiger partial charge in [-0.15, -0.1) is 13.2 Å². The van der Waals surface area contributed by atoms with Gasteiger partial charge in [-0.1, -0.05) is 12.1 Å². The molecule has 1 heterocycles. The van der Waals surface area contributed by atoms with Crippen molar-refractivity contribution in [2.75, 3.05) is 13.1 Å². The van der Waals surface area contributed by atoms with Gasteiger partial charge in [-0.05, 0) is 37.5 Å². The number of amides is 1. The molecule has 2 atom stereocenters. The van der Waals surface area contributed by atoms with Crippen molar-refractivity contribution in [1.29, 1.82) is 0 Å². The van der Waals surface area contributed by atoms with E-state index in [0.29, 0.717) is 18.7 Å². The molecular formula is C16H20F3NO3. The average Bonchev–Trinajstić information content (AvgIpc) is 2.46. The number of halogens is 3. The lowest BCUT2D eigenvalue weighted by atomic mass is 9.93.